The van der Waals surface area contributed by atoms with E-state index in [0.29, 0.717) is 0 Å². The molecule has 5 rings (SSSR count). The Morgan fingerprint density at radius 2 is 1.02 bits per heavy atom. The molecular weight excluding hydrogens is 488 g/mol. The van der Waals surface area contributed by atoms with Gasteiger partial charge in [-0.1, -0.05) is 102 Å². The molecule has 0 N–H and O–H groups in total. The van der Waals surface area contributed by atoms with Gasteiger partial charge in [0.05, 0.1) is 0 Å². The van der Waals surface area contributed by atoms with Crippen molar-refractivity contribution >= 4 is 0 Å². The first-order chi connectivity index (χ1) is 19.7. The molecular formula is C36H50N4+2. The summed E-state index contributed by atoms with van der Waals surface area (Å²) in [5, 5.41) is 0. The van der Waals surface area contributed by atoms with Crippen LogP contribution < -0.4 is 9.13 Å². The molecule has 0 saturated carbocycles. The topological polar surface area (TPSA) is 17.6 Å². The number of nitrogens with zero attached hydrogens (tertiary/aromatic N) is 4. The molecule has 0 unspecified atom stereocenters. The molecule has 0 radical (unpaired) electrons. The van der Waals surface area contributed by atoms with Gasteiger partial charge in [-0.2, -0.15) is 0 Å². The number of aromatic nitrogens is 4. The minimum Gasteiger partial charge on any atom is -0.233 e. The van der Waals surface area contributed by atoms with Crippen molar-refractivity contribution in [1.82, 2.24) is 9.13 Å². The third-order valence-corrected chi connectivity index (χ3v) is 8.64. The lowest BCUT2D eigenvalue weighted by atomic mass is 9.91. The number of hydrogen-bond donors (Lipinski definition) is 0. The molecule has 4 aromatic rings. The van der Waals surface area contributed by atoms with Crippen LogP contribution in [0, 0.1) is 0 Å². The average Bonchev–Trinajstić information content (AvgIpc) is 3.59. The predicted octanol–water partition coefficient (Wildman–Crippen LogP) is 7.40. The fraction of sp³-hybridized carbons (Fsp3) is 0.500. The molecule has 4 nitrogen and oxygen atoms in total. The fourth-order valence-corrected chi connectivity index (χ4v) is 6.29. The van der Waals surface area contributed by atoms with Crippen molar-refractivity contribution < 1.29 is 9.13 Å². The van der Waals surface area contributed by atoms with Crippen LogP contribution in [0.1, 0.15) is 111 Å². The number of fused-ring (bicyclic) bond motifs is 6. The Bertz CT molecular complexity index is 1240. The average molecular weight is 539 g/mol. The summed E-state index contributed by atoms with van der Waals surface area (Å²) in [4.78, 5) is 0. The highest BCUT2D eigenvalue weighted by atomic mass is 15.1. The van der Waals surface area contributed by atoms with Gasteiger partial charge in [0.15, 0.2) is 0 Å². The lowest BCUT2D eigenvalue weighted by molar-refractivity contribution is -0.693. The fourth-order valence-electron chi connectivity index (χ4n) is 6.29. The molecule has 0 aliphatic carbocycles. The molecule has 0 amide bonds. The molecule has 0 fully saturated rings. The second kappa shape index (κ2) is 14.5. The highest BCUT2D eigenvalue weighted by Gasteiger charge is 2.18. The van der Waals surface area contributed by atoms with E-state index < -0.39 is 0 Å². The zero-order chi connectivity index (χ0) is 27.6. The van der Waals surface area contributed by atoms with Gasteiger partial charge in [-0.15, -0.1) is 0 Å². The van der Waals surface area contributed by atoms with E-state index in [9.17, 15) is 0 Å². The monoisotopic (exact) mass is 538 g/mol. The first-order valence-corrected chi connectivity index (χ1v) is 16.0. The number of benzene rings is 2. The Balaban J connectivity index is 1.46. The van der Waals surface area contributed by atoms with E-state index in [1.807, 2.05) is 0 Å². The van der Waals surface area contributed by atoms with E-state index in [-0.39, 0.29) is 0 Å². The summed E-state index contributed by atoms with van der Waals surface area (Å²) in [5.41, 5.74) is 8.91. The van der Waals surface area contributed by atoms with E-state index in [2.05, 4.69) is 106 Å². The highest BCUT2D eigenvalue weighted by molar-refractivity contribution is 5.38. The molecule has 4 heteroatoms. The number of imidazole rings is 2. The third-order valence-electron chi connectivity index (χ3n) is 8.64. The molecule has 3 heterocycles. The van der Waals surface area contributed by atoms with Crippen molar-refractivity contribution in [1.29, 1.82) is 0 Å². The van der Waals surface area contributed by atoms with Crippen molar-refractivity contribution in [2.24, 2.45) is 0 Å². The van der Waals surface area contributed by atoms with Crippen molar-refractivity contribution in [2.45, 2.75) is 117 Å². The maximum atomic E-state index is 2.58. The molecule has 0 spiro atoms. The Morgan fingerprint density at radius 3 is 1.48 bits per heavy atom. The van der Waals surface area contributed by atoms with Crippen LogP contribution in [-0.2, 0) is 39.0 Å². The molecule has 0 saturated heterocycles. The first kappa shape index (κ1) is 28.4. The smallest absolute Gasteiger partial charge is 0.233 e. The molecule has 1 aliphatic heterocycles. The van der Waals surface area contributed by atoms with Gasteiger partial charge >= 0.3 is 0 Å². The van der Waals surface area contributed by atoms with Gasteiger partial charge < -0.3 is 0 Å². The molecule has 4 bridgehead atoms. The quantitative estimate of drug-likeness (QED) is 0.116. The van der Waals surface area contributed by atoms with Crippen LogP contribution in [0.2, 0.25) is 0 Å². The summed E-state index contributed by atoms with van der Waals surface area (Å²) in [7, 11) is 0. The third kappa shape index (κ3) is 7.74. The zero-order valence-electron chi connectivity index (χ0n) is 25.0. The van der Waals surface area contributed by atoms with E-state index >= 15 is 0 Å². The number of aryl methyl sites for hydroxylation is 2. The molecule has 1 aliphatic rings. The van der Waals surface area contributed by atoms with Gasteiger partial charge in [0.1, 0.15) is 51.0 Å². The number of hydrogen-bond acceptors (Lipinski definition) is 0. The maximum absolute atomic E-state index is 2.58. The van der Waals surface area contributed by atoms with E-state index in [1.165, 1.54) is 99.3 Å². The van der Waals surface area contributed by atoms with Crippen LogP contribution in [0.4, 0.5) is 0 Å². The van der Waals surface area contributed by atoms with Crippen LogP contribution in [0.15, 0.2) is 73.8 Å². The van der Waals surface area contributed by atoms with Crippen molar-refractivity contribution in [3.8, 4) is 0 Å². The molecule has 0 atom stereocenters. The van der Waals surface area contributed by atoms with E-state index in [1.54, 1.807) is 11.1 Å². The molecule has 2 aromatic carbocycles. The first-order valence-electron chi connectivity index (χ1n) is 16.0. The molecule has 2 aromatic heterocycles. The minimum absolute atomic E-state index is 0.900. The standard InChI is InChI=1S/C36H50N4/c1-3-5-7-9-11-15-31-23-35-27-39-21-19-37(29-39)25-33-17-13-14-18-34(33)26-38-20-22-40(30-38)28-36(35)24-32(31)16-12-10-8-6-4-2/h13-14,17-24,29-30H,3-12,15-16,25-28H2,1-2H3/q+2. The van der Waals surface area contributed by atoms with Gasteiger partial charge in [0.2, 0.25) is 12.7 Å². The largest absolute Gasteiger partial charge is 0.244 e. The summed E-state index contributed by atoms with van der Waals surface area (Å²) in [6.07, 6.45) is 29.4. The molecule has 212 valence electrons. The second-order valence-electron chi connectivity index (χ2n) is 12.0. The van der Waals surface area contributed by atoms with Gasteiger partial charge in [-0.3, -0.25) is 0 Å². The van der Waals surface area contributed by atoms with Crippen molar-refractivity contribution in [2.75, 3.05) is 0 Å². The van der Waals surface area contributed by atoms with Gasteiger partial charge in [-0.25, -0.2) is 18.3 Å². The van der Waals surface area contributed by atoms with Crippen LogP contribution in [-0.4, -0.2) is 9.13 Å². The van der Waals surface area contributed by atoms with Gasteiger partial charge in [-0.05, 0) is 36.8 Å². The predicted molar refractivity (Wildman–Crippen MR) is 163 cm³/mol. The van der Waals surface area contributed by atoms with Crippen LogP contribution in [0.3, 0.4) is 0 Å². The van der Waals surface area contributed by atoms with Crippen LogP contribution in [0.25, 0.3) is 0 Å². The second-order valence-corrected chi connectivity index (χ2v) is 12.0. The Labute approximate surface area is 242 Å². The lowest BCUT2D eigenvalue weighted by Crippen LogP contribution is -2.36. The maximum Gasteiger partial charge on any atom is 0.244 e. The van der Waals surface area contributed by atoms with Crippen molar-refractivity contribution in [3.05, 3.63) is 107 Å². The minimum atomic E-state index is 0.900. The van der Waals surface area contributed by atoms with Gasteiger partial charge in [0.25, 0.3) is 0 Å². The Hall–Kier alpha value is -3.14. The Kier molecular flexibility index (Phi) is 10.3. The lowest BCUT2D eigenvalue weighted by Gasteiger charge is -2.16. The molecule has 40 heavy (non-hydrogen) atoms. The normalized spacial score (nSPS) is 13.1. The zero-order valence-corrected chi connectivity index (χ0v) is 25.0. The SMILES string of the molecule is CCCCCCCc1cc2c(cc1CCCCCCC)C[n+]1ccn(c1)Cc1ccccc1Cn1cc[n+](c1)C2. The summed E-state index contributed by atoms with van der Waals surface area (Å²) >= 11 is 0. The number of rotatable bonds is 12. The number of unbranched alkanes of at least 4 members (excludes halogenated alkanes) is 8. The highest BCUT2D eigenvalue weighted by Crippen LogP contribution is 2.23. The van der Waals surface area contributed by atoms with Gasteiger partial charge in [0, 0.05) is 22.3 Å². The summed E-state index contributed by atoms with van der Waals surface area (Å²) in [6, 6.07) is 14.0. The van der Waals surface area contributed by atoms with Crippen LogP contribution >= 0.6 is 0 Å². The van der Waals surface area contributed by atoms with Crippen molar-refractivity contribution in [3.63, 3.8) is 0 Å². The van der Waals surface area contributed by atoms with Crippen LogP contribution in [0.5, 0.6) is 0 Å². The summed E-state index contributed by atoms with van der Waals surface area (Å²) < 4.78 is 9.41. The van der Waals surface area contributed by atoms with E-state index in [0.717, 1.165) is 26.2 Å². The van der Waals surface area contributed by atoms with E-state index in [4.69, 9.17) is 0 Å². The summed E-state index contributed by atoms with van der Waals surface area (Å²) in [5.74, 6) is 0. The Morgan fingerprint density at radius 1 is 0.575 bits per heavy atom. The summed E-state index contributed by atoms with van der Waals surface area (Å²) in [6.45, 7) is 8.25.